The highest BCUT2D eigenvalue weighted by atomic mass is 16.6. The first-order chi connectivity index (χ1) is 19.9. The number of hydrogen-bond acceptors (Lipinski definition) is 7. The summed E-state index contributed by atoms with van der Waals surface area (Å²) in [4.78, 5) is 36.2. The molecule has 3 rings (SSSR count). The van der Waals surface area contributed by atoms with E-state index >= 15 is 0 Å². The second-order valence-corrected chi connectivity index (χ2v) is 11.6. The lowest BCUT2D eigenvalue weighted by Gasteiger charge is -2.39. The Kier molecular flexibility index (Phi) is 11.6. The number of aryl methyl sites for hydroxylation is 1. The van der Waals surface area contributed by atoms with Gasteiger partial charge in [0.1, 0.15) is 17.8 Å². The standard InChI is InChI=1S/C31H47N7O4/c1-9-23(12-11-19-41-22-32-21-35(6)7)33-29(39)25-13-14-27(26-20-36(8)34-28(25)26)37-17-15-24(16-18-37)38(10-2)30(40)42-31(3,4)5/h9,12-14,20-21,24H,1,10-11,15-19,22H2,2-8H3,(H,33,39)/b23-12+,32-21-. The molecule has 1 N–H and O–H groups in total. The molecule has 0 radical (unpaired) electrons. The molecule has 0 atom stereocenters. The summed E-state index contributed by atoms with van der Waals surface area (Å²) in [5, 5.41) is 8.50. The Labute approximate surface area is 249 Å². The van der Waals surface area contributed by atoms with E-state index in [0.717, 1.165) is 37.0 Å². The normalized spacial score (nSPS) is 14.8. The molecule has 11 heteroatoms. The zero-order chi connectivity index (χ0) is 30.9. The molecule has 230 valence electrons. The maximum absolute atomic E-state index is 13.3. The van der Waals surface area contributed by atoms with Gasteiger partial charge in [-0.25, -0.2) is 9.79 Å². The number of carbonyl (C=O) groups is 2. The van der Waals surface area contributed by atoms with Gasteiger partial charge in [-0.3, -0.25) is 9.48 Å². The number of hydrogen-bond donors (Lipinski definition) is 1. The number of nitrogens with one attached hydrogen (secondary N) is 1. The van der Waals surface area contributed by atoms with E-state index in [1.807, 2.05) is 83.0 Å². The van der Waals surface area contributed by atoms with Gasteiger partial charge in [0.25, 0.3) is 5.91 Å². The fourth-order valence-electron chi connectivity index (χ4n) is 4.94. The van der Waals surface area contributed by atoms with E-state index in [1.54, 1.807) is 17.1 Å². The Bertz CT molecular complexity index is 1280. The van der Waals surface area contributed by atoms with Crippen molar-refractivity contribution in [1.29, 1.82) is 0 Å². The van der Waals surface area contributed by atoms with Crippen molar-refractivity contribution >= 4 is 34.9 Å². The molecule has 1 aromatic carbocycles. The molecule has 11 nitrogen and oxygen atoms in total. The third-order valence-electron chi connectivity index (χ3n) is 6.81. The largest absolute Gasteiger partial charge is 0.444 e. The maximum Gasteiger partial charge on any atom is 0.410 e. The van der Waals surface area contributed by atoms with Crippen LogP contribution >= 0.6 is 0 Å². The summed E-state index contributed by atoms with van der Waals surface area (Å²) < 4.78 is 12.9. The fourth-order valence-corrected chi connectivity index (χ4v) is 4.94. The molecule has 0 spiro atoms. The van der Waals surface area contributed by atoms with Gasteiger partial charge in [0, 0.05) is 69.8 Å². The molecule has 1 aliphatic rings. The van der Waals surface area contributed by atoms with Crippen molar-refractivity contribution in [3.63, 3.8) is 0 Å². The molecule has 0 bridgehead atoms. The van der Waals surface area contributed by atoms with Gasteiger partial charge >= 0.3 is 6.09 Å². The van der Waals surface area contributed by atoms with Crippen molar-refractivity contribution < 1.29 is 19.1 Å². The van der Waals surface area contributed by atoms with Gasteiger partial charge in [-0.15, -0.1) is 0 Å². The lowest BCUT2D eigenvalue weighted by Crippen LogP contribution is -2.48. The van der Waals surface area contributed by atoms with Crippen molar-refractivity contribution in [2.75, 3.05) is 52.0 Å². The van der Waals surface area contributed by atoms with Gasteiger partial charge in [0.05, 0.1) is 18.5 Å². The Balaban J connectivity index is 1.67. The van der Waals surface area contributed by atoms with E-state index in [9.17, 15) is 9.59 Å². The number of ether oxygens (including phenoxy) is 2. The number of amides is 2. The lowest BCUT2D eigenvalue weighted by atomic mass is 10.0. The first kappa shape index (κ1) is 32.7. The summed E-state index contributed by atoms with van der Waals surface area (Å²) in [7, 11) is 5.65. The van der Waals surface area contributed by atoms with Gasteiger partial charge < -0.3 is 29.5 Å². The summed E-state index contributed by atoms with van der Waals surface area (Å²) in [6, 6.07) is 3.94. The van der Waals surface area contributed by atoms with Crippen molar-refractivity contribution in [2.24, 2.45) is 12.0 Å². The summed E-state index contributed by atoms with van der Waals surface area (Å²) >= 11 is 0. The first-order valence-corrected chi connectivity index (χ1v) is 14.5. The highest BCUT2D eigenvalue weighted by molar-refractivity contribution is 6.09. The lowest BCUT2D eigenvalue weighted by molar-refractivity contribution is 0.0149. The molecule has 1 aliphatic heterocycles. The number of aromatic nitrogens is 2. The van der Waals surface area contributed by atoms with Crippen LogP contribution in [0.15, 0.2) is 47.7 Å². The highest BCUT2D eigenvalue weighted by Gasteiger charge is 2.31. The molecule has 0 unspecified atom stereocenters. The molecule has 1 fully saturated rings. The summed E-state index contributed by atoms with van der Waals surface area (Å²) in [5.74, 6) is -0.248. The third-order valence-corrected chi connectivity index (χ3v) is 6.81. The van der Waals surface area contributed by atoms with E-state index in [0.29, 0.717) is 36.3 Å². The molecule has 0 aliphatic carbocycles. The second-order valence-electron chi connectivity index (χ2n) is 11.6. The monoisotopic (exact) mass is 581 g/mol. The van der Waals surface area contributed by atoms with Crippen LogP contribution in [0.3, 0.4) is 0 Å². The Hall–Kier alpha value is -3.86. The average Bonchev–Trinajstić information content (AvgIpc) is 3.32. The SMILES string of the molecule is C=C/C(=C\CCOC/N=C\N(C)C)NC(=O)c1ccc(N2CCC(N(CC)C(=O)OC(C)(C)C)CC2)c2cn(C)nc12. The number of allylic oxidation sites excluding steroid dienone is 1. The quantitative estimate of drug-likeness (QED) is 0.170. The second kappa shape index (κ2) is 14.9. The van der Waals surface area contributed by atoms with E-state index < -0.39 is 5.60 Å². The minimum atomic E-state index is -0.525. The number of aliphatic imine (C=N–C) groups is 1. The summed E-state index contributed by atoms with van der Waals surface area (Å²) in [6.45, 7) is 14.4. The number of nitrogens with zero attached hydrogens (tertiary/aromatic N) is 6. The minimum absolute atomic E-state index is 0.121. The van der Waals surface area contributed by atoms with Crippen LogP contribution in [0.4, 0.5) is 10.5 Å². The zero-order valence-corrected chi connectivity index (χ0v) is 26.2. The van der Waals surface area contributed by atoms with E-state index in [2.05, 4.69) is 26.9 Å². The summed E-state index contributed by atoms with van der Waals surface area (Å²) in [6.07, 6.45) is 9.15. The maximum atomic E-state index is 13.3. The van der Waals surface area contributed by atoms with Gasteiger partial charge in [-0.2, -0.15) is 5.10 Å². The molecule has 2 heterocycles. The van der Waals surface area contributed by atoms with Crippen molar-refractivity contribution in [3.05, 3.63) is 48.3 Å². The van der Waals surface area contributed by atoms with Crippen LogP contribution in [-0.4, -0.2) is 96.6 Å². The van der Waals surface area contributed by atoms with Gasteiger partial charge in [0.15, 0.2) is 0 Å². The number of fused-ring (bicyclic) bond motifs is 1. The van der Waals surface area contributed by atoms with Crippen LogP contribution in [-0.2, 0) is 16.5 Å². The Morgan fingerprint density at radius 2 is 1.95 bits per heavy atom. The number of rotatable bonds is 12. The molecule has 2 amide bonds. The third kappa shape index (κ3) is 9.07. The number of piperidine rings is 1. The molecule has 1 aromatic heterocycles. The van der Waals surface area contributed by atoms with Gasteiger partial charge in [-0.05, 0) is 65.2 Å². The molecule has 42 heavy (non-hydrogen) atoms. The van der Waals surface area contributed by atoms with Crippen LogP contribution in [0.2, 0.25) is 0 Å². The average molecular weight is 582 g/mol. The van der Waals surface area contributed by atoms with Crippen molar-refractivity contribution in [2.45, 2.75) is 58.6 Å². The van der Waals surface area contributed by atoms with Gasteiger partial charge in [0.2, 0.25) is 0 Å². The number of anilines is 1. The van der Waals surface area contributed by atoms with Crippen LogP contribution < -0.4 is 10.2 Å². The van der Waals surface area contributed by atoms with Gasteiger partial charge in [-0.1, -0.05) is 12.7 Å². The summed E-state index contributed by atoms with van der Waals surface area (Å²) in [5.41, 5.74) is 2.25. The zero-order valence-electron chi connectivity index (χ0n) is 26.2. The predicted octanol–water partition coefficient (Wildman–Crippen LogP) is 4.55. The number of benzene rings is 1. The smallest absolute Gasteiger partial charge is 0.410 e. The Morgan fingerprint density at radius 1 is 1.24 bits per heavy atom. The fraction of sp³-hybridized carbons (Fsp3) is 0.548. The van der Waals surface area contributed by atoms with Crippen LogP contribution in [0.5, 0.6) is 0 Å². The topological polar surface area (TPSA) is 105 Å². The van der Waals surface area contributed by atoms with Crippen LogP contribution in [0.1, 0.15) is 57.3 Å². The van der Waals surface area contributed by atoms with Crippen molar-refractivity contribution in [3.8, 4) is 0 Å². The van der Waals surface area contributed by atoms with Crippen molar-refractivity contribution in [1.82, 2.24) is 24.9 Å². The molecular formula is C31H47N7O4. The molecule has 1 saturated heterocycles. The van der Waals surface area contributed by atoms with E-state index in [1.165, 1.54) is 0 Å². The van der Waals surface area contributed by atoms with Crippen LogP contribution in [0, 0.1) is 0 Å². The highest BCUT2D eigenvalue weighted by Crippen LogP contribution is 2.32. The van der Waals surface area contributed by atoms with E-state index in [-0.39, 0.29) is 24.8 Å². The first-order valence-electron chi connectivity index (χ1n) is 14.5. The molecule has 2 aromatic rings. The minimum Gasteiger partial charge on any atom is -0.444 e. The molecular weight excluding hydrogens is 534 g/mol. The number of carbonyl (C=O) groups excluding carboxylic acids is 2. The van der Waals surface area contributed by atoms with E-state index in [4.69, 9.17) is 9.47 Å². The van der Waals surface area contributed by atoms with Crippen LogP contribution in [0.25, 0.3) is 10.9 Å². The molecule has 0 saturated carbocycles. The predicted molar refractivity (Wildman–Crippen MR) is 168 cm³/mol. The Morgan fingerprint density at radius 3 is 2.57 bits per heavy atom.